The van der Waals surface area contributed by atoms with Crippen LogP contribution in [-0.4, -0.2) is 41.5 Å². The molecule has 20 heavy (non-hydrogen) atoms. The minimum atomic E-state index is 0.206. The van der Waals surface area contributed by atoms with Crippen molar-refractivity contribution >= 4 is 5.91 Å². The second-order valence-corrected chi connectivity index (χ2v) is 5.91. The van der Waals surface area contributed by atoms with Gasteiger partial charge < -0.3 is 10.2 Å². The molecule has 1 aliphatic heterocycles. The second kappa shape index (κ2) is 7.39. The molecule has 2 heterocycles. The zero-order valence-electron chi connectivity index (χ0n) is 12.5. The minimum Gasteiger partial charge on any atom is -0.342 e. The molecule has 1 aliphatic rings. The lowest BCUT2D eigenvalue weighted by atomic mass is 9.97. The quantitative estimate of drug-likeness (QED) is 0.892. The zero-order valence-corrected chi connectivity index (χ0v) is 12.5. The van der Waals surface area contributed by atoms with Crippen molar-refractivity contribution in [2.24, 2.45) is 5.92 Å². The van der Waals surface area contributed by atoms with Crippen molar-refractivity contribution in [1.82, 2.24) is 15.2 Å². The van der Waals surface area contributed by atoms with Crippen LogP contribution < -0.4 is 5.32 Å². The van der Waals surface area contributed by atoms with Gasteiger partial charge in [0.15, 0.2) is 0 Å². The summed E-state index contributed by atoms with van der Waals surface area (Å²) in [6.45, 7) is 7.10. The highest BCUT2D eigenvalue weighted by atomic mass is 16.2. The third-order valence-corrected chi connectivity index (χ3v) is 3.74. The third kappa shape index (κ3) is 4.60. The van der Waals surface area contributed by atoms with Crippen LogP contribution in [0.2, 0.25) is 0 Å². The van der Waals surface area contributed by atoms with Gasteiger partial charge in [-0.25, -0.2) is 0 Å². The van der Waals surface area contributed by atoms with Gasteiger partial charge in [0, 0.05) is 31.0 Å². The molecule has 0 spiro atoms. The Balaban J connectivity index is 1.83. The van der Waals surface area contributed by atoms with Crippen LogP contribution in [-0.2, 0) is 11.2 Å². The van der Waals surface area contributed by atoms with Crippen molar-refractivity contribution in [3.63, 3.8) is 0 Å². The number of piperidine rings is 1. The number of nitrogens with one attached hydrogen (secondary N) is 1. The molecule has 0 saturated carbocycles. The summed E-state index contributed by atoms with van der Waals surface area (Å²) in [5.41, 5.74) is 0.861. The Kier molecular flexibility index (Phi) is 5.53. The largest absolute Gasteiger partial charge is 0.342 e. The number of rotatable bonds is 5. The number of likely N-dealkylation sites (tertiary alicyclic amines) is 1. The van der Waals surface area contributed by atoms with E-state index in [1.807, 2.05) is 23.1 Å². The summed E-state index contributed by atoms with van der Waals surface area (Å²) < 4.78 is 0. The Morgan fingerprint density at radius 2 is 2.35 bits per heavy atom. The van der Waals surface area contributed by atoms with Crippen LogP contribution in [0, 0.1) is 5.92 Å². The van der Waals surface area contributed by atoms with E-state index in [0.29, 0.717) is 18.4 Å². The number of pyridine rings is 1. The first-order valence-electron chi connectivity index (χ1n) is 7.56. The molecule has 1 aromatic rings. The van der Waals surface area contributed by atoms with Gasteiger partial charge in [-0.15, -0.1) is 0 Å². The van der Waals surface area contributed by atoms with Crippen LogP contribution in [0.1, 0.15) is 32.4 Å². The minimum absolute atomic E-state index is 0.206. The average molecular weight is 275 g/mol. The number of aromatic nitrogens is 1. The van der Waals surface area contributed by atoms with E-state index in [1.165, 1.54) is 6.42 Å². The van der Waals surface area contributed by atoms with Gasteiger partial charge in [-0.1, -0.05) is 19.9 Å². The summed E-state index contributed by atoms with van der Waals surface area (Å²) >= 11 is 0. The van der Waals surface area contributed by atoms with Gasteiger partial charge in [0.25, 0.3) is 0 Å². The van der Waals surface area contributed by atoms with Gasteiger partial charge in [-0.3, -0.25) is 9.78 Å². The van der Waals surface area contributed by atoms with Crippen molar-refractivity contribution in [3.05, 3.63) is 30.1 Å². The van der Waals surface area contributed by atoms with E-state index in [4.69, 9.17) is 0 Å². The Bertz CT molecular complexity index is 419. The number of carbonyl (C=O) groups excluding carboxylic acids is 1. The normalized spacial score (nSPS) is 19.4. The van der Waals surface area contributed by atoms with Gasteiger partial charge in [-0.05, 0) is 37.4 Å². The molecule has 0 radical (unpaired) electrons. The lowest BCUT2D eigenvalue weighted by molar-refractivity contribution is -0.132. The maximum absolute atomic E-state index is 12.3. The Labute approximate surface area is 121 Å². The Hall–Kier alpha value is -1.42. The maximum atomic E-state index is 12.3. The molecule has 1 N–H and O–H groups in total. The Morgan fingerprint density at radius 3 is 3.05 bits per heavy atom. The molecule has 0 aliphatic carbocycles. The summed E-state index contributed by atoms with van der Waals surface area (Å²) in [7, 11) is 0. The standard InChI is InChI=1S/C16H25N3O/c1-13(2)18-11-14-6-5-9-19(12-14)16(20)10-15-7-3-4-8-17-15/h3-4,7-8,13-14,18H,5-6,9-12H2,1-2H3. The predicted octanol–water partition coefficient (Wildman–Crippen LogP) is 1.86. The summed E-state index contributed by atoms with van der Waals surface area (Å²) in [4.78, 5) is 18.6. The fourth-order valence-electron chi connectivity index (χ4n) is 2.63. The van der Waals surface area contributed by atoms with Gasteiger partial charge in [0.1, 0.15) is 0 Å². The monoisotopic (exact) mass is 275 g/mol. The smallest absolute Gasteiger partial charge is 0.228 e. The molecule has 0 bridgehead atoms. The van der Waals surface area contributed by atoms with Gasteiger partial charge in [-0.2, -0.15) is 0 Å². The van der Waals surface area contributed by atoms with Crippen molar-refractivity contribution in [3.8, 4) is 0 Å². The predicted molar refractivity (Wildman–Crippen MR) is 80.4 cm³/mol. The fraction of sp³-hybridized carbons (Fsp3) is 0.625. The second-order valence-electron chi connectivity index (χ2n) is 5.91. The van der Waals surface area contributed by atoms with E-state index in [2.05, 4.69) is 24.1 Å². The number of hydrogen-bond donors (Lipinski definition) is 1. The van der Waals surface area contributed by atoms with E-state index < -0.39 is 0 Å². The fourth-order valence-corrected chi connectivity index (χ4v) is 2.63. The molecule has 1 unspecified atom stereocenters. The van der Waals surface area contributed by atoms with Gasteiger partial charge in [0.2, 0.25) is 5.91 Å². The van der Waals surface area contributed by atoms with Gasteiger partial charge in [0.05, 0.1) is 6.42 Å². The highest BCUT2D eigenvalue weighted by Gasteiger charge is 2.23. The SMILES string of the molecule is CC(C)NCC1CCCN(C(=O)Cc2ccccn2)C1. The van der Waals surface area contributed by atoms with Gasteiger partial charge >= 0.3 is 0 Å². The average Bonchev–Trinajstić information content (AvgIpc) is 2.46. The van der Waals surface area contributed by atoms with E-state index in [-0.39, 0.29) is 5.91 Å². The lowest BCUT2D eigenvalue weighted by Gasteiger charge is -2.33. The molecule has 1 aromatic heterocycles. The summed E-state index contributed by atoms with van der Waals surface area (Å²) in [6, 6.07) is 6.23. The van der Waals surface area contributed by atoms with Crippen molar-refractivity contribution in [2.45, 2.75) is 39.2 Å². The Morgan fingerprint density at radius 1 is 1.50 bits per heavy atom. The summed E-state index contributed by atoms with van der Waals surface area (Å²) in [6.07, 6.45) is 4.49. The molecule has 1 atom stereocenters. The first kappa shape index (κ1) is 15.0. The third-order valence-electron chi connectivity index (χ3n) is 3.74. The summed E-state index contributed by atoms with van der Waals surface area (Å²) in [5, 5.41) is 3.47. The molecule has 0 aromatic carbocycles. The van der Waals surface area contributed by atoms with Crippen molar-refractivity contribution < 1.29 is 4.79 Å². The molecular weight excluding hydrogens is 250 g/mol. The van der Waals surface area contributed by atoms with Crippen LogP contribution in [0.4, 0.5) is 0 Å². The molecule has 1 saturated heterocycles. The molecule has 4 heteroatoms. The van der Waals surface area contributed by atoms with E-state index in [1.54, 1.807) is 6.20 Å². The number of nitrogens with zero attached hydrogens (tertiary/aromatic N) is 2. The maximum Gasteiger partial charge on any atom is 0.228 e. The first-order chi connectivity index (χ1) is 9.65. The molecular formula is C16H25N3O. The summed E-state index contributed by atoms with van der Waals surface area (Å²) in [5.74, 6) is 0.789. The van der Waals surface area contributed by atoms with Crippen LogP contribution in [0.15, 0.2) is 24.4 Å². The van der Waals surface area contributed by atoms with E-state index >= 15 is 0 Å². The van der Waals surface area contributed by atoms with Crippen LogP contribution >= 0.6 is 0 Å². The number of carbonyl (C=O) groups is 1. The van der Waals surface area contributed by atoms with Crippen molar-refractivity contribution in [2.75, 3.05) is 19.6 Å². The number of amides is 1. The number of hydrogen-bond acceptors (Lipinski definition) is 3. The van der Waals surface area contributed by atoms with E-state index in [0.717, 1.165) is 31.7 Å². The molecule has 110 valence electrons. The lowest BCUT2D eigenvalue weighted by Crippen LogP contribution is -2.44. The topological polar surface area (TPSA) is 45.2 Å². The molecule has 2 rings (SSSR count). The van der Waals surface area contributed by atoms with Crippen molar-refractivity contribution in [1.29, 1.82) is 0 Å². The highest BCUT2D eigenvalue weighted by Crippen LogP contribution is 2.16. The molecule has 1 amide bonds. The van der Waals surface area contributed by atoms with E-state index in [9.17, 15) is 4.79 Å². The van der Waals surface area contributed by atoms with Crippen LogP contribution in [0.3, 0.4) is 0 Å². The molecule has 1 fully saturated rings. The molecule has 4 nitrogen and oxygen atoms in total. The highest BCUT2D eigenvalue weighted by molar-refractivity contribution is 5.78. The van der Waals surface area contributed by atoms with Crippen LogP contribution in [0.25, 0.3) is 0 Å². The zero-order chi connectivity index (χ0) is 14.4. The first-order valence-corrected chi connectivity index (χ1v) is 7.56. The van der Waals surface area contributed by atoms with Crippen LogP contribution in [0.5, 0.6) is 0 Å².